The first-order valence-electron chi connectivity index (χ1n) is 5.19. The predicted octanol–water partition coefficient (Wildman–Crippen LogP) is 2.39. The first-order valence-corrected chi connectivity index (χ1v) is 5.19. The van der Waals surface area contributed by atoms with Gasteiger partial charge in [0.05, 0.1) is 0 Å². The minimum absolute atomic E-state index is 0. The molecule has 1 aromatic carbocycles. The van der Waals surface area contributed by atoms with Gasteiger partial charge >= 0.3 is 0 Å². The molecule has 1 aliphatic rings. The topological polar surface area (TPSA) is 29.1 Å². The van der Waals surface area contributed by atoms with Gasteiger partial charge < -0.3 is 5.32 Å². The first kappa shape index (κ1) is 9.25. The van der Waals surface area contributed by atoms with E-state index in [1.54, 1.807) is 0 Å². The molecule has 1 N–H and O–H groups in total. The lowest BCUT2D eigenvalue weighted by molar-refractivity contribution is 0.0951. The lowest BCUT2D eigenvalue weighted by Crippen LogP contribution is -2.25. The Labute approximate surface area is 85.8 Å². The highest BCUT2D eigenvalue weighted by molar-refractivity contribution is 5.94. The number of nitrogens with one attached hydrogen (secondary N) is 1. The third-order valence-corrected chi connectivity index (χ3v) is 2.54. The van der Waals surface area contributed by atoms with Crippen LogP contribution in [-0.2, 0) is 6.42 Å². The summed E-state index contributed by atoms with van der Waals surface area (Å²) in [6.07, 6.45) is 3.29. The zero-order valence-corrected chi connectivity index (χ0v) is 8.42. The van der Waals surface area contributed by atoms with Crippen LogP contribution in [0.1, 0.15) is 37.1 Å². The lowest BCUT2D eigenvalue weighted by atomic mass is 10.1. The summed E-state index contributed by atoms with van der Waals surface area (Å²) >= 11 is 0. The Balaban J connectivity index is 0.00000112. The molecular formula is C12H17NO. The molecule has 1 aliphatic carbocycles. The number of amides is 1. The number of hydrogen-bond donors (Lipinski definition) is 1. The average Bonchev–Trinajstić information content (AvgIpc) is 3.02. The maximum absolute atomic E-state index is 11.6. The zero-order valence-electron chi connectivity index (χ0n) is 8.42. The Morgan fingerprint density at radius 2 is 2.07 bits per heavy atom. The maximum Gasteiger partial charge on any atom is 0.251 e. The molecule has 0 radical (unpaired) electrons. The third kappa shape index (κ3) is 2.13. The van der Waals surface area contributed by atoms with Gasteiger partial charge in [-0.3, -0.25) is 4.79 Å². The van der Waals surface area contributed by atoms with Crippen LogP contribution in [0, 0.1) is 0 Å². The summed E-state index contributed by atoms with van der Waals surface area (Å²) in [4.78, 5) is 11.6. The number of aryl methyl sites for hydroxylation is 1. The highest BCUT2D eigenvalue weighted by Gasteiger charge is 2.23. The van der Waals surface area contributed by atoms with Crippen LogP contribution in [-0.4, -0.2) is 11.9 Å². The molecular weight excluding hydrogens is 174 g/mol. The molecule has 0 heterocycles. The second kappa shape index (κ2) is 3.82. The van der Waals surface area contributed by atoms with Crippen LogP contribution in [0.5, 0.6) is 0 Å². The van der Waals surface area contributed by atoms with E-state index in [4.69, 9.17) is 0 Å². The fourth-order valence-electron chi connectivity index (χ4n) is 1.39. The largest absolute Gasteiger partial charge is 0.349 e. The Morgan fingerprint density at radius 3 is 2.57 bits per heavy atom. The molecule has 1 amide bonds. The van der Waals surface area contributed by atoms with Crippen LogP contribution in [0.3, 0.4) is 0 Å². The Bertz CT molecular complexity index is 330. The normalized spacial score (nSPS) is 15.2. The van der Waals surface area contributed by atoms with Gasteiger partial charge in [0, 0.05) is 13.0 Å². The van der Waals surface area contributed by atoms with Crippen molar-refractivity contribution in [3.05, 3.63) is 35.4 Å². The molecule has 0 spiro atoms. The van der Waals surface area contributed by atoms with Gasteiger partial charge in [-0.05, 0) is 37.0 Å². The minimum atomic E-state index is 0. The minimum Gasteiger partial charge on any atom is -0.349 e. The van der Waals surface area contributed by atoms with Gasteiger partial charge in [-0.15, -0.1) is 0 Å². The zero-order chi connectivity index (χ0) is 9.97. The van der Waals surface area contributed by atoms with Gasteiger partial charge in [0.25, 0.3) is 5.91 Å². The maximum atomic E-state index is 11.6. The number of rotatable bonds is 3. The highest BCUT2D eigenvalue weighted by Crippen LogP contribution is 2.19. The van der Waals surface area contributed by atoms with Gasteiger partial charge in [0.15, 0.2) is 0 Å². The molecule has 2 heteroatoms. The molecule has 0 atom stereocenters. The molecule has 2 rings (SSSR count). The van der Waals surface area contributed by atoms with E-state index in [1.807, 2.05) is 24.3 Å². The summed E-state index contributed by atoms with van der Waals surface area (Å²) in [5.41, 5.74) is 2.04. The van der Waals surface area contributed by atoms with E-state index in [0.717, 1.165) is 24.8 Å². The van der Waals surface area contributed by atoms with Crippen molar-refractivity contribution in [3.8, 4) is 0 Å². The van der Waals surface area contributed by atoms with Crippen LogP contribution in [0.2, 0.25) is 0 Å². The Morgan fingerprint density at radius 1 is 1.43 bits per heavy atom. The number of carbonyl (C=O) groups excluding carboxylic acids is 1. The van der Waals surface area contributed by atoms with Crippen molar-refractivity contribution in [2.75, 3.05) is 0 Å². The summed E-state index contributed by atoms with van der Waals surface area (Å²) < 4.78 is 0. The fourth-order valence-corrected chi connectivity index (χ4v) is 1.39. The van der Waals surface area contributed by atoms with E-state index < -0.39 is 0 Å². The van der Waals surface area contributed by atoms with E-state index in [-0.39, 0.29) is 7.33 Å². The molecule has 1 saturated carbocycles. The molecule has 0 saturated heterocycles. The quantitative estimate of drug-likeness (QED) is 0.781. The van der Waals surface area contributed by atoms with Crippen molar-refractivity contribution in [1.29, 1.82) is 0 Å². The van der Waals surface area contributed by atoms with E-state index in [2.05, 4.69) is 12.2 Å². The molecule has 0 aromatic heterocycles. The van der Waals surface area contributed by atoms with Crippen LogP contribution >= 0.6 is 0 Å². The van der Waals surface area contributed by atoms with E-state index in [9.17, 15) is 4.79 Å². The second-order valence-electron chi connectivity index (χ2n) is 3.80. The fraction of sp³-hybridized carbons (Fsp3) is 0.417. The molecule has 2 nitrogen and oxygen atoms in total. The summed E-state index contributed by atoms with van der Waals surface area (Å²) in [6.45, 7) is 2.11. The van der Waals surface area contributed by atoms with Crippen molar-refractivity contribution in [2.24, 2.45) is 0 Å². The van der Waals surface area contributed by atoms with Gasteiger partial charge in [0.2, 0.25) is 0 Å². The Hall–Kier alpha value is -1.31. The van der Waals surface area contributed by atoms with Crippen molar-refractivity contribution in [1.82, 2.24) is 5.32 Å². The summed E-state index contributed by atoms with van der Waals surface area (Å²) in [7, 11) is 0. The number of hydrogen-bond acceptors (Lipinski definition) is 1. The third-order valence-electron chi connectivity index (χ3n) is 2.54. The van der Waals surface area contributed by atoms with Crippen LogP contribution in [0.25, 0.3) is 0 Å². The van der Waals surface area contributed by atoms with Gasteiger partial charge in [-0.25, -0.2) is 0 Å². The number of carbonyl (C=O) groups is 1. The summed E-state index contributed by atoms with van der Waals surface area (Å²) in [5.74, 6) is 0.0650. The standard InChI is InChI=1S/C12H15NO.H2/c1-2-9-3-5-10(6-4-9)12(14)13-11-7-8-11;/h3-6,11H,2,7-8H2,1H3,(H,13,14);1H. The SMILES string of the molecule is CCc1ccc(C(=O)NC2CC2)cc1.[HH]. The Kier molecular flexibility index (Phi) is 2.53. The average molecular weight is 191 g/mol. The van der Waals surface area contributed by atoms with Gasteiger partial charge in [-0.1, -0.05) is 19.1 Å². The first-order chi connectivity index (χ1) is 6.79. The van der Waals surface area contributed by atoms with Crippen molar-refractivity contribution >= 4 is 5.91 Å². The predicted molar refractivity (Wildman–Crippen MR) is 58.4 cm³/mol. The van der Waals surface area contributed by atoms with Gasteiger partial charge in [0.1, 0.15) is 0 Å². The van der Waals surface area contributed by atoms with Crippen molar-refractivity contribution < 1.29 is 6.22 Å². The van der Waals surface area contributed by atoms with Gasteiger partial charge in [-0.2, -0.15) is 0 Å². The van der Waals surface area contributed by atoms with Crippen LogP contribution < -0.4 is 5.32 Å². The van der Waals surface area contributed by atoms with Crippen molar-refractivity contribution in [3.63, 3.8) is 0 Å². The molecule has 1 aromatic rings. The number of benzene rings is 1. The second-order valence-corrected chi connectivity index (χ2v) is 3.80. The van der Waals surface area contributed by atoms with Crippen LogP contribution in [0.15, 0.2) is 24.3 Å². The smallest absolute Gasteiger partial charge is 0.251 e. The van der Waals surface area contributed by atoms with Crippen LogP contribution in [0.4, 0.5) is 0 Å². The summed E-state index contributed by atoms with van der Waals surface area (Å²) in [5, 5.41) is 2.97. The monoisotopic (exact) mass is 191 g/mol. The highest BCUT2D eigenvalue weighted by atomic mass is 16.1. The molecule has 1 fully saturated rings. The van der Waals surface area contributed by atoms with E-state index in [0.29, 0.717) is 6.04 Å². The molecule has 14 heavy (non-hydrogen) atoms. The van der Waals surface area contributed by atoms with E-state index >= 15 is 0 Å². The molecule has 0 bridgehead atoms. The summed E-state index contributed by atoms with van der Waals surface area (Å²) in [6, 6.07) is 8.27. The molecule has 0 unspecified atom stereocenters. The van der Waals surface area contributed by atoms with E-state index in [1.165, 1.54) is 5.56 Å². The lowest BCUT2D eigenvalue weighted by Gasteiger charge is -2.03. The van der Waals surface area contributed by atoms with Crippen molar-refractivity contribution in [2.45, 2.75) is 32.2 Å². The molecule has 0 aliphatic heterocycles. The molecule has 76 valence electrons.